The highest BCUT2D eigenvalue weighted by atomic mass is 16.5. The average molecular weight is 217 g/mol. The van der Waals surface area contributed by atoms with Crippen LogP contribution in [0.2, 0.25) is 0 Å². The van der Waals surface area contributed by atoms with Crippen molar-refractivity contribution in [3.05, 3.63) is 0 Å². The van der Waals surface area contributed by atoms with Gasteiger partial charge in [0.25, 0.3) is 0 Å². The molecular formula is C10H19NO4. The van der Waals surface area contributed by atoms with E-state index in [0.717, 1.165) is 6.42 Å². The smallest absolute Gasteiger partial charge is 0.249 e. The number of nitrogens with one attached hydrogen (secondary N) is 1. The molecule has 1 heterocycles. The molecule has 1 amide bonds. The van der Waals surface area contributed by atoms with Gasteiger partial charge in [-0.25, -0.2) is 0 Å². The van der Waals surface area contributed by atoms with Crippen molar-refractivity contribution < 1.29 is 19.7 Å². The van der Waals surface area contributed by atoms with Crippen LogP contribution in [0, 0.1) is 5.92 Å². The Morgan fingerprint density at radius 3 is 2.80 bits per heavy atom. The third kappa shape index (κ3) is 3.44. The first-order chi connectivity index (χ1) is 6.96. The lowest BCUT2D eigenvalue weighted by Crippen LogP contribution is -2.47. The molecule has 15 heavy (non-hydrogen) atoms. The van der Waals surface area contributed by atoms with Crippen LogP contribution in [0.1, 0.15) is 20.3 Å². The van der Waals surface area contributed by atoms with Crippen LogP contribution in [0.15, 0.2) is 0 Å². The molecule has 5 heteroatoms. The second kappa shape index (κ2) is 4.92. The van der Waals surface area contributed by atoms with E-state index in [4.69, 9.17) is 9.84 Å². The van der Waals surface area contributed by atoms with Crippen molar-refractivity contribution in [3.63, 3.8) is 0 Å². The Bertz CT molecular complexity index is 229. The maximum atomic E-state index is 11.6. The lowest BCUT2D eigenvalue weighted by molar-refractivity contribution is -0.133. The fourth-order valence-corrected chi connectivity index (χ4v) is 1.46. The summed E-state index contributed by atoms with van der Waals surface area (Å²) in [5, 5.41) is 20.8. The fourth-order valence-electron chi connectivity index (χ4n) is 1.46. The standard InChI is InChI=1S/C10H19NO4/c1-7-3-4-15-8(7)9(13)11-5-10(2,14)6-12/h7-8,12,14H,3-6H2,1-2H3,(H,11,13). The zero-order valence-corrected chi connectivity index (χ0v) is 9.19. The monoisotopic (exact) mass is 217 g/mol. The molecule has 88 valence electrons. The van der Waals surface area contributed by atoms with Crippen molar-refractivity contribution in [2.75, 3.05) is 19.8 Å². The predicted molar refractivity (Wildman–Crippen MR) is 54.2 cm³/mol. The van der Waals surface area contributed by atoms with Gasteiger partial charge in [-0.15, -0.1) is 0 Å². The Morgan fingerprint density at radius 1 is 1.67 bits per heavy atom. The summed E-state index contributed by atoms with van der Waals surface area (Å²) in [4.78, 5) is 11.6. The number of hydrogen-bond donors (Lipinski definition) is 3. The first-order valence-electron chi connectivity index (χ1n) is 5.19. The predicted octanol–water partition coefficient (Wildman–Crippen LogP) is -0.729. The molecule has 1 fully saturated rings. The first kappa shape index (κ1) is 12.4. The van der Waals surface area contributed by atoms with Crippen LogP contribution in [0.3, 0.4) is 0 Å². The quantitative estimate of drug-likeness (QED) is 0.580. The molecule has 0 radical (unpaired) electrons. The SMILES string of the molecule is CC1CCOC1C(=O)NCC(C)(O)CO. The Hall–Kier alpha value is -0.650. The number of carbonyl (C=O) groups excluding carboxylic acids is 1. The molecule has 3 N–H and O–H groups in total. The molecule has 0 aromatic rings. The molecular weight excluding hydrogens is 198 g/mol. The number of rotatable bonds is 4. The molecule has 3 atom stereocenters. The molecule has 1 aliphatic rings. The minimum absolute atomic E-state index is 0.0366. The zero-order valence-electron chi connectivity index (χ0n) is 9.19. The molecule has 0 spiro atoms. The highest BCUT2D eigenvalue weighted by Gasteiger charge is 2.31. The highest BCUT2D eigenvalue weighted by Crippen LogP contribution is 2.19. The number of hydrogen-bond acceptors (Lipinski definition) is 4. The van der Waals surface area contributed by atoms with Gasteiger partial charge in [0.15, 0.2) is 0 Å². The van der Waals surface area contributed by atoms with Crippen LogP contribution < -0.4 is 5.32 Å². The van der Waals surface area contributed by atoms with Crippen LogP contribution in [0.4, 0.5) is 0 Å². The third-order valence-corrected chi connectivity index (χ3v) is 2.63. The van der Waals surface area contributed by atoms with E-state index in [9.17, 15) is 9.90 Å². The largest absolute Gasteiger partial charge is 0.393 e. The Morgan fingerprint density at radius 2 is 2.33 bits per heavy atom. The van der Waals surface area contributed by atoms with Crippen LogP contribution in [0.5, 0.6) is 0 Å². The van der Waals surface area contributed by atoms with E-state index in [2.05, 4.69) is 5.32 Å². The molecule has 0 aliphatic carbocycles. The van der Waals surface area contributed by atoms with E-state index in [0.29, 0.717) is 6.61 Å². The number of aliphatic hydroxyl groups excluding tert-OH is 1. The molecule has 3 unspecified atom stereocenters. The van der Waals surface area contributed by atoms with Crippen molar-refractivity contribution in [2.24, 2.45) is 5.92 Å². The van der Waals surface area contributed by atoms with E-state index < -0.39 is 11.7 Å². The van der Waals surface area contributed by atoms with Gasteiger partial charge >= 0.3 is 0 Å². The van der Waals surface area contributed by atoms with Crippen molar-refractivity contribution >= 4 is 5.91 Å². The average Bonchev–Trinajstić information content (AvgIpc) is 2.61. The minimum Gasteiger partial charge on any atom is -0.393 e. The van der Waals surface area contributed by atoms with Gasteiger partial charge in [-0.05, 0) is 19.3 Å². The Kier molecular flexibility index (Phi) is 4.07. The molecule has 0 bridgehead atoms. The fraction of sp³-hybridized carbons (Fsp3) is 0.900. The van der Waals surface area contributed by atoms with Gasteiger partial charge in [0.2, 0.25) is 5.91 Å². The summed E-state index contributed by atoms with van der Waals surface area (Å²) in [5.74, 6) is -0.00204. The molecule has 1 rings (SSSR count). The van der Waals surface area contributed by atoms with Gasteiger partial charge in [-0.1, -0.05) is 6.92 Å². The lowest BCUT2D eigenvalue weighted by Gasteiger charge is -2.22. The summed E-state index contributed by atoms with van der Waals surface area (Å²) in [6.45, 7) is 3.69. The van der Waals surface area contributed by atoms with Crippen molar-refractivity contribution in [2.45, 2.75) is 32.0 Å². The molecule has 0 aromatic carbocycles. The molecule has 1 aliphatic heterocycles. The van der Waals surface area contributed by atoms with E-state index in [-0.39, 0.29) is 25.0 Å². The number of carbonyl (C=O) groups is 1. The first-order valence-corrected chi connectivity index (χ1v) is 5.19. The van der Waals surface area contributed by atoms with Gasteiger partial charge in [0, 0.05) is 13.2 Å². The summed E-state index contributed by atoms with van der Waals surface area (Å²) in [6, 6.07) is 0. The zero-order chi connectivity index (χ0) is 11.5. The number of aliphatic hydroxyl groups is 2. The van der Waals surface area contributed by atoms with Crippen LogP contribution in [-0.2, 0) is 9.53 Å². The normalized spacial score (nSPS) is 29.9. The van der Waals surface area contributed by atoms with Crippen LogP contribution >= 0.6 is 0 Å². The molecule has 0 aromatic heterocycles. The third-order valence-electron chi connectivity index (χ3n) is 2.63. The van der Waals surface area contributed by atoms with Crippen molar-refractivity contribution in [1.29, 1.82) is 0 Å². The summed E-state index contributed by atoms with van der Waals surface area (Å²) in [7, 11) is 0. The summed E-state index contributed by atoms with van der Waals surface area (Å²) < 4.78 is 5.27. The summed E-state index contributed by atoms with van der Waals surface area (Å²) >= 11 is 0. The summed E-state index contributed by atoms with van der Waals surface area (Å²) in [6.07, 6.45) is 0.466. The van der Waals surface area contributed by atoms with Crippen molar-refractivity contribution in [1.82, 2.24) is 5.32 Å². The van der Waals surface area contributed by atoms with Gasteiger partial charge < -0.3 is 20.3 Å². The highest BCUT2D eigenvalue weighted by molar-refractivity contribution is 5.81. The molecule has 5 nitrogen and oxygen atoms in total. The van der Waals surface area contributed by atoms with E-state index in [1.807, 2.05) is 6.92 Å². The second-order valence-electron chi connectivity index (χ2n) is 4.43. The second-order valence-corrected chi connectivity index (χ2v) is 4.43. The molecule has 0 saturated carbocycles. The number of amides is 1. The Labute approximate surface area is 89.4 Å². The van der Waals surface area contributed by atoms with E-state index in [1.165, 1.54) is 6.92 Å². The van der Waals surface area contributed by atoms with Gasteiger partial charge in [-0.2, -0.15) is 0 Å². The van der Waals surface area contributed by atoms with Crippen molar-refractivity contribution in [3.8, 4) is 0 Å². The minimum atomic E-state index is -1.27. The van der Waals surface area contributed by atoms with E-state index >= 15 is 0 Å². The maximum absolute atomic E-state index is 11.6. The number of ether oxygens (including phenoxy) is 1. The van der Waals surface area contributed by atoms with Gasteiger partial charge in [0.1, 0.15) is 11.7 Å². The summed E-state index contributed by atoms with van der Waals surface area (Å²) in [5.41, 5.74) is -1.27. The lowest BCUT2D eigenvalue weighted by atomic mass is 10.0. The van der Waals surface area contributed by atoms with Crippen LogP contribution in [-0.4, -0.2) is 47.6 Å². The van der Waals surface area contributed by atoms with Gasteiger partial charge in [0.05, 0.1) is 6.61 Å². The topological polar surface area (TPSA) is 78.8 Å². The van der Waals surface area contributed by atoms with Gasteiger partial charge in [-0.3, -0.25) is 4.79 Å². The van der Waals surface area contributed by atoms with Crippen LogP contribution in [0.25, 0.3) is 0 Å². The van der Waals surface area contributed by atoms with E-state index in [1.54, 1.807) is 0 Å². The molecule has 1 saturated heterocycles. The Balaban J connectivity index is 2.36. The maximum Gasteiger partial charge on any atom is 0.249 e.